The van der Waals surface area contributed by atoms with Gasteiger partial charge in [0.1, 0.15) is 11.5 Å². The van der Waals surface area contributed by atoms with Gasteiger partial charge in [0.25, 0.3) is 0 Å². The Morgan fingerprint density at radius 2 is 2.00 bits per heavy atom. The van der Waals surface area contributed by atoms with Crippen molar-refractivity contribution in [3.05, 3.63) is 54.0 Å². The van der Waals surface area contributed by atoms with E-state index in [1.165, 1.54) is 0 Å². The molecule has 1 aromatic heterocycles. The highest BCUT2D eigenvalue weighted by molar-refractivity contribution is 5.68. The van der Waals surface area contributed by atoms with Gasteiger partial charge in [-0.3, -0.25) is 0 Å². The topological polar surface area (TPSA) is 71.7 Å². The summed E-state index contributed by atoms with van der Waals surface area (Å²) in [6.07, 6.45) is 1.64. The number of benzene rings is 1. The van der Waals surface area contributed by atoms with Crippen molar-refractivity contribution in [2.24, 2.45) is 0 Å². The fourth-order valence-corrected chi connectivity index (χ4v) is 1.59. The van der Waals surface area contributed by atoms with Crippen LogP contribution >= 0.6 is 0 Å². The molecule has 0 saturated carbocycles. The van der Waals surface area contributed by atoms with Gasteiger partial charge < -0.3 is 19.6 Å². The maximum Gasteiger partial charge on any atom is 0.341 e. The molecule has 0 amide bonds. The Balaban J connectivity index is 1.76. The van der Waals surface area contributed by atoms with Gasteiger partial charge in [-0.25, -0.2) is 4.79 Å². The maximum absolute atomic E-state index is 10.3. The van der Waals surface area contributed by atoms with E-state index in [0.717, 1.165) is 11.3 Å². The second kappa shape index (κ2) is 6.61. The number of nitrogens with one attached hydrogen (secondary N) is 1. The number of aliphatic carboxylic acids is 1. The van der Waals surface area contributed by atoms with E-state index in [0.29, 0.717) is 18.8 Å². The summed E-state index contributed by atoms with van der Waals surface area (Å²) in [6.45, 7) is 1.06. The molecule has 0 atom stereocenters. The summed E-state index contributed by atoms with van der Waals surface area (Å²) in [4.78, 5) is 10.3. The minimum absolute atomic E-state index is 0.323. The normalized spacial score (nSPS) is 10.3. The van der Waals surface area contributed by atoms with Crippen LogP contribution in [0.5, 0.6) is 5.75 Å². The Hall–Kier alpha value is -2.27. The van der Waals surface area contributed by atoms with E-state index in [4.69, 9.17) is 14.3 Å². The zero-order chi connectivity index (χ0) is 13.5. The van der Waals surface area contributed by atoms with E-state index < -0.39 is 5.97 Å². The molecule has 0 radical (unpaired) electrons. The lowest BCUT2D eigenvalue weighted by Crippen LogP contribution is -2.12. The van der Waals surface area contributed by atoms with Crippen molar-refractivity contribution in [1.29, 1.82) is 0 Å². The average molecular weight is 261 g/mol. The van der Waals surface area contributed by atoms with Crippen LogP contribution in [0.15, 0.2) is 47.1 Å². The largest absolute Gasteiger partial charge is 0.482 e. The Bertz CT molecular complexity index is 505. The number of hydrogen-bond acceptors (Lipinski definition) is 4. The molecule has 0 aliphatic rings. The van der Waals surface area contributed by atoms with Crippen LogP contribution in [-0.4, -0.2) is 17.7 Å². The zero-order valence-corrected chi connectivity index (χ0v) is 10.3. The lowest BCUT2D eigenvalue weighted by molar-refractivity contribution is -0.139. The van der Waals surface area contributed by atoms with Gasteiger partial charge in [0.2, 0.25) is 0 Å². The molecule has 2 aromatic rings. The van der Waals surface area contributed by atoms with Crippen LogP contribution in [0.1, 0.15) is 11.3 Å². The van der Waals surface area contributed by atoms with Crippen molar-refractivity contribution in [3.8, 4) is 5.75 Å². The predicted octanol–water partition coefficient (Wildman–Crippen LogP) is 2.03. The van der Waals surface area contributed by atoms with Crippen LogP contribution in [0.4, 0.5) is 0 Å². The summed E-state index contributed by atoms with van der Waals surface area (Å²) < 4.78 is 10.3. The highest BCUT2D eigenvalue weighted by Gasteiger charge is 2.00. The first-order valence-corrected chi connectivity index (χ1v) is 5.90. The van der Waals surface area contributed by atoms with Gasteiger partial charge in [0.05, 0.1) is 12.8 Å². The van der Waals surface area contributed by atoms with Crippen molar-refractivity contribution in [3.63, 3.8) is 0 Å². The van der Waals surface area contributed by atoms with Crippen molar-refractivity contribution >= 4 is 5.97 Å². The second-order valence-electron chi connectivity index (χ2n) is 4.01. The molecule has 0 saturated heterocycles. The van der Waals surface area contributed by atoms with Gasteiger partial charge in [-0.2, -0.15) is 0 Å². The molecule has 0 fully saturated rings. The van der Waals surface area contributed by atoms with E-state index in [1.54, 1.807) is 18.4 Å². The molecule has 5 heteroatoms. The van der Waals surface area contributed by atoms with Crippen molar-refractivity contribution in [1.82, 2.24) is 5.32 Å². The van der Waals surface area contributed by atoms with Crippen LogP contribution in [0.2, 0.25) is 0 Å². The standard InChI is InChI=1S/C14H15NO4/c16-14(17)10-19-12-5-3-11(4-6-12)8-15-9-13-2-1-7-18-13/h1-7,15H,8-10H2,(H,16,17). The van der Waals surface area contributed by atoms with E-state index in [-0.39, 0.29) is 6.61 Å². The van der Waals surface area contributed by atoms with Crippen LogP contribution in [0.25, 0.3) is 0 Å². The first-order chi connectivity index (χ1) is 9.24. The molecule has 0 aliphatic heterocycles. The molecule has 5 nitrogen and oxygen atoms in total. The Labute approximate surface area is 110 Å². The average Bonchev–Trinajstić information content (AvgIpc) is 2.91. The zero-order valence-electron chi connectivity index (χ0n) is 10.3. The number of carboxylic acids is 1. The first-order valence-electron chi connectivity index (χ1n) is 5.90. The monoisotopic (exact) mass is 261 g/mol. The summed E-state index contributed by atoms with van der Waals surface area (Å²) in [5.41, 5.74) is 1.09. The minimum Gasteiger partial charge on any atom is -0.482 e. The van der Waals surface area contributed by atoms with Gasteiger partial charge >= 0.3 is 5.97 Å². The smallest absolute Gasteiger partial charge is 0.341 e. The van der Waals surface area contributed by atoms with Gasteiger partial charge in [0, 0.05) is 6.54 Å². The molecular weight excluding hydrogens is 246 g/mol. The molecular formula is C14H15NO4. The number of hydrogen-bond donors (Lipinski definition) is 2. The first kappa shape index (κ1) is 13.2. The summed E-state index contributed by atoms with van der Waals surface area (Å²) in [5.74, 6) is 0.461. The molecule has 0 aliphatic carbocycles. The van der Waals surface area contributed by atoms with Gasteiger partial charge in [-0.15, -0.1) is 0 Å². The number of furan rings is 1. The summed E-state index contributed by atoms with van der Waals surface area (Å²) in [6, 6.07) is 11.1. The van der Waals surface area contributed by atoms with Crippen LogP contribution in [0, 0.1) is 0 Å². The highest BCUT2D eigenvalue weighted by atomic mass is 16.5. The minimum atomic E-state index is -0.982. The van der Waals surface area contributed by atoms with Crippen LogP contribution < -0.4 is 10.1 Å². The third-order valence-corrected chi connectivity index (χ3v) is 2.49. The number of carboxylic acid groups (broad SMARTS) is 1. The van der Waals surface area contributed by atoms with Crippen molar-refractivity contribution in [2.45, 2.75) is 13.1 Å². The van der Waals surface area contributed by atoms with E-state index in [2.05, 4.69) is 5.32 Å². The Morgan fingerprint density at radius 1 is 1.21 bits per heavy atom. The third-order valence-electron chi connectivity index (χ3n) is 2.49. The quantitative estimate of drug-likeness (QED) is 0.798. The van der Waals surface area contributed by atoms with Crippen molar-refractivity contribution in [2.75, 3.05) is 6.61 Å². The maximum atomic E-state index is 10.3. The van der Waals surface area contributed by atoms with Crippen molar-refractivity contribution < 1.29 is 19.1 Å². The fraction of sp³-hybridized carbons (Fsp3) is 0.214. The van der Waals surface area contributed by atoms with Crippen LogP contribution in [-0.2, 0) is 17.9 Å². The fourth-order valence-electron chi connectivity index (χ4n) is 1.59. The molecule has 0 unspecified atom stereocenters. The number of carbonyl (C=O) groups is 1. The number of rotatable bonds is 7. The predicted molar refractivity (Wildman–Crippen MR) is 68.8 cm³/mol. The van der Waals surface area contributed by atoms with Gasteiger partial charge in [-0.05, 0) is 29.8 Å². The summed E-state index contributed by atoms with van der Waals surface area (Å²) >= 11 is 0. The third kappa shape index (κ3) is 4.48. The van der Waals surface area contributed by atoms with Crippen LogP contribution in [0.3, 0.4) is 0 Å². The van der Waals surface area contributed by atoms with E-state index >= 15 is 0 Å². The van der Waals surface area contributed by atoms with Gasteiger partial charge in [0.15, 0.2) is 6.61 Å². The Morgan fingerprint density at radius 3 is 2.63 bits per heavy atom. The van der Waals surface area contributed by atoms with E-state index in [9.17, 15) is 4.79 Å². The molecule has 1 aromatic carbocycles. The molecule has 100 valence electrons. The lowest BCUT2D eigenvalue weighted by atomic mass is 10.2. The van der Waals surface area contributed by atoms with Gasteiger partial charge in [-0.1, -0.05) is 12.1 Å². The summed E-state index contributed by atoms with van der Waals surface area (Å²) in [7, 11) is 0. The summed E-state index contributed by atoms with van der Waals surface area (Å²) in [5, 5.41) is 11.7. The molecule has 0 spiro atoms. The second-order valence-corrected chi connectivity index (χ2v) is 4.01. The molecule has 19 heavy (non-hydrogen) atoms. The SMILES string of the molecule is O=C(O)COc1ccc(CNCc2ccco2)cc1. The Kier molecular flexibility index (Phi) is 4.58. The lowest BCUT2D eigenvalue weighted by Gasteiger charge is -2.06. The van der Waals surface area contributed by atoms with E-state index in [1.807, 2.05) is 24.3 Å². The highest BCUT2D eigenvalue weighted by Crippen LogP contribution is 2.12. The molecule has 0 bridgehead atoms. The number of ether oxygens (including phenoxy) is 1. The molecule has 1 heterocycles. The molecule has 2 N–H and O–H groups in total. The molecule has 2 rings (SSSR count).